The van der Waals surface area contributed by atoms with Gasteiger partial charge in [-0.1, -0.05) is 35.5 Å². The topological polar surface area (TPSA) is 78.3 Å². The van der Waals surface area contributed by atoms with E-state index in [9.17, 15) is 4.79 Å². The lowest BCUT2D eigenvalue weighted by Crippen LogP contribution is -2.13. The highest BCUT2D eigenvalue weighted by molar-refractivity contribution is 6.03. The molecule has 0 aliphatic carbocycles. The maximum atomic E-state index is 12.5. The first kappa shape index (κ1) is 17.5. The number of hydrogen-bond acceptors (Lipinski definition) is 5. The number of nitrogens with one attached hydrogen (secondary N) is 1. The SMILES string of the molecule is COc1cc(C)c(NC(=O)c2cn(Cc3ccccc3)nn2)cc1OC. The molecule has 7 heteroatoms. The van der Waals surface area contributed by atoms with Crippen molar-refractivity contribution >= 4 is 11.6 Å². The average molecular weight is 352 g/mol. The fourth-order valence-electron chi connectivity index (χ4n) is 2.55. The van der Waals surface area contributed by atoms with Crippen molar-refractivity contribution in [3.8, 4) is 11.5 Å². The Bertz CT molecular complexity index is 906. The third kappa shape index (κ3) is 3.83. The lowest BCUT2D eigenvalue weighted by molar-refractivity contribution is 0.102. The number of rotatable bonds is 6. The molecular weight excluding hydrogens is 332 g/mol. The van der Waals surface area contributed by atoms with E-state index in [1.807, 2.05) is 37.3 Å². The largest absolute Gasteiger partial charge is 0.493 e. The number of aryl methyl sites for hydroxylation is 1. The predicted molar refractivity (Wildman–Crippen MR) is 97.8 cm³/mol. The number of nitrogens with zero attached hydrogens (tertiary/aromatic N) is 3. The smallest absolute Gasteiger partial charge is 0.277 e. The Morgan fingerprint density at radius 3 is 2.50 bits per heavy atom. The van der Waals surface area contributed by atoms with Gasteiger partial charge >= 0.3 is 0 Å². The van der Waals surface area contributed by atoms with E-state index in [1.165, 1.54) is 0 Å². The number of benzene rings is 2. The highest BCUT2D eigenvalue weighted by Crippen LogP contribution is 2.33. The zero-order valence-corrected chi connectivity index (χ0v) is 14.9. The molecule has 0 fully saturated rings. The van der Waals surface area contributed by atoms with Crippen LogP contribution in [0.5, 0.6) is 11.5 Å². The van der Waals surface area contributed by atoms with E-state index in [4.69, 9.17) is 9.47 Å². The zero-order valence-electron chi connectivity index (χ0n) is 14.9. The molecule has 0 bridgehead atoms. The summed E-state index contributed by atoms with van der Waals surface area (Å²) in [6.45, 7) is 2.43. The summed E-state index contributed by atoms with van der Waals surface area (Å²) < 4.78 is 12.2. The van der Waals surface area contributed by atoms with E-state index in [0.29, 0.717) is 23.7 Å². The van der Waals surface area contributed by atoms with Crippen molar-refractivity contribution < 1.29 is 14.3 Å². The Labute approximate surface area is 151 Å². The number of carbonyl (C=O) groups excluding carboxylic acids is 1. The average Bonchev–Trinajstić information content (AvgIpc) is 3.12. The van der Waals surface area contributed by atoms with Crippen LogP contribution in [0.1, 0.15) is 21.6 Å². The maximum absolute atomic E-state index is 12.5. The van der Waals surface area contributed by atoms with Crippen molar-refractivity contribution in [3.05, 3.63) is 65.5 Å². The number of anilines is 1. The van der Waals surface area contributed by atoms with Crippen LogP contribution in [0, 0.1) is 6.92 Å². The maximum Gasteiger partial charge on any atom is 0.277 e. The number of methoxy groups -OCH3 is 2. The van der Waals surface area contributed by atoms with Crippen LogP contribution in [-0.4, -0.2) is 35.1 Å². The van der Waals surface area contributed by atoms with Crippen molar-refractivity contribution in [2.24, 2.45) is 0 Å². The third-order valence-electron chi connectivity index (χ3n) is 3.94. The molecule has 1 aromatic heterocycles. The zero-order chi connectivity index (χ0) is 18.5. The number of carbonyl (C=O) groups is 1. The van der Waals surface area contributed by atoms with Gasteiger partial charge in [-0.2, -0.15) is 0 Å². The predicted octanol–water partition coefficient (Wildman–Crippen LogP) is 2.90. The van der Waals surface area contributed by atoms with Crippen LogP contribution < -0.4 is 14.8 Å². The lowest BCUT2D eigenvalue weighted by atomic mass is 10.1. The fraction of sp³-hybridized carbons (Fsp3) is 0.211. The minimum absolute atomic E-state index is 0.245. The molecule has 0 atom stereocenters. The van der Waals surface area contributed by atoms with Gasteiger partial charge in [-0.05, 0) is 24.1 Å². The second kappa shape index (κ2) is 7.69. The van der Waals surface area contributed by atoms with Crippen LogP contribution in [0.15, 0.2) is 48.7 Å². The van der Waals surface area contributed by atoms with E-state index in [0.717, 1.165) is 11.1 Å². The lowest BCUT2D eigenvalue weighted by Gasteiger charge is -2.13. The van der Waals surface area contributed by atoms with Gasteiger partial charge in [0.05, 0.1) is 27.0 Å². The molecule has 0 aliphatic rings. The van der Waals surface area contributed by atoms with E-state index in [-0.39, 0.29) is 11.6 Å². The van der Waals surface area contributed by atoms with Crippen molar-refractivity contribution in [1.29, 1.82) is 0 Å². The van der Waals surface area contributed by atoms with Gasteiger partial charge < -0.3 is 14.8 Å². The molecule has 0 saturated heterocycles. The second-order valence-electron chi connectivity index (χ2n) is 5.76. The Morgan fingerprint density at radius 1 is 1.12 bits per heavy atom. The Morgan fingerprint density at radius 2 is 1.81 bits per heavy atom. The van der Waals surface area contributed by atoms with Crippen LogP contribution in [-0.2, 0) is 6.54 Å². The Balaban J connectivity index is 1.75. The van der Waals surface area contributed by atoms with Crippen molar-refractivity contribution in [2.75, 3.05) is 19.5 Å². The van der Waals surface area contributed by atoms with Gasteiger partial charge in [0.2, 0.25) is 0 Å². The Hall–Kier alpha value is -3.35. The molecule has 26 heavy (non-hydrogen) atoms. The molecule has 134 valence electrons. The first-order chi connectivity index (χ1) is 12.6. The van der Waals surface area contributed by atoms with Gasteiger partial charge in [-0.15, -0.1) is 5.10 Å². The van der Waals surface area contributed by atoms with Crippen LogP contribution in [0.4, 0.5) is 5.69 Å². The monoisotopic (exact) mass is 352 g/mol. The number of ether oxygens (including phenoxy) is 2. The standard InChI is InChI=1S/C19H20N4O3/c1-13-9-17(25-2)18(26-3)10-15(13)20-19(24)16-12-23(22-21-16)11-14-7-5-4-6-8-14/h4-10,12H,11H2,1-3H3,(H,20,24). The molecule has 0 aliphatic heterocycles. The van der Waals surface area contributed by atoms with E-state index in [1.54, 1.807) is 37.2 Å². The number of hydrogen-bond donors (Lipinski definition) is 1. The summed E-state index contributed by atoms with van der Waals surface area (Å²) in [5.41, 5.74) is 2.81. The van der Waals surface area contributed by atoms with Gasteiger partial charge in [0.25, 0.3) is 5.91 Å². The van der Waals surface area contributed by atoms with Gasteiger partial charge in [-0.3, -0.25) is 4.79 Å². The van der Waals surface area contributed by atoms with E-state index < -0.39 is 0 Å². The third-order valence-corrected chi connectivity index (χ3v) is 3.94. The summed E-state index contributed by atoms with van der Waals surface area (Å²) in [7, 11) is 3.12. The quantitative estimate of drug-likeness (QED) is 0.738. The molecule has 2 aromatic carbocycles. The molecule has 7 nitrogen and oxygen atoms in total. The molecule has 0 unspecified atom stereocenters. The minimum atomic E-state index is -0.334. The van der Waals surface area contributed by atoms with Gasteiger partial charge in [0.1, 0.15) is 0 Å². The highest BCUT2D eigenvalue weighted by atomic mass is 16.5. The van der Waals surface area contributed by atoms with Gasteiger partial charge in [-0.25, -0.2) is 4.68 Å². The summed E-state index contributed by atoms with van der Waals surface area (Å²) in [6, 6.07) is 13.4. The summed E-state index contributed by atoms with van der Waals surface area (Å²) in [5, 5.41) is 10.8. The summed E-state index contributed by atoms with van der Waals surface area (Å²) >= 11 is 0. The molecule has 1 amide bonds. The van der Waals surface area contributed by atoms with Crippen molar-refractivity contribution in [2.45, 2.75) is 13.5 Å². The van der Waals surface area contributed by atoms with Crippen LogP contribution in [0.2, 0.25) is 0 Å². The molecule has 0 saturated carbocycles. The van der Waals surface area contributed by atoms with Crippen molar-refractivity contribution in [1.82, 2.24) is 15.0 Å². The normalized spacial score (nSPS) is 10.4. The number of aromatic nitrogens is 3. The second-order valence-corrected chi connectivity index (χ2v) is 5.76. The summed E-state index contributed by atoms with van der Waals surface area (Å²) in [4.78, 5) is 12.5. The van der Waals surface area contributed by atoms with Gasteiger partial charge in [0.15, 0.2) is 17.2 Å². The van der Waals surface area contributed by atoms with Gasteiger partial charge in [0, 0.05) is 11.8 Å². The van der Waals surface area contributed by atoms with Crippen LogP contribution in [0.3, 0.4) is 0 Å². The first-order valence-electron chi connectivity index (χ1n) is 8.08. The highest BCUT2D eigenvalue weighted by Gasteiger charge is 2.15. The molecule has 0 radical (unpaired) electrons. The summed E-state index contributed by atoms with van der Waals surface area (Å²) in [5.74, 6) is 0.817. The van der Waals surface area contributed by atoms with E-state index in [2.05, 4.69) is 15.6 Å². The Kier molecular flexibility index (Phi) is 5.17. The molecule has 0 spiro atoms. The van der Waals surface area contributed by atoms with E-state index >= 15 is 0 Å². The fourth-order valence-corrected chi connectivity index (χ4v) is 2.55. The number of amides is 1. The molecule has 3 rings (SSSR count). The molecule has 1 N–H and O–H groups in total. The molecular formula is C19H20N4O3. The molecule has 1 heterocycles. The van der Waals surface area contributed by atoms with Crippen LogP contribution >= 0.6 is 0 Å². The summed E-state index contributed by atoms with van der Waals surface area (Å²) in [6.07, 6.45) is 1.62. The first-order valence-corrected chi connectivity index (χ1v) is 8.08. The van der Waals surface area contributed by atoms with Crippen molar-refractivity contribution in [3.63, 3.8) is 0 Å². The molecule has 3 aromatic rings. The van der Waals surface area contributed by atoms with Crippen LogP contribution in [0.25, 0.3) is 0 Å². The minimum Gasteiger partial charge on any atom is -0.493 e.